The van der Waals surface area contributed by atoms with Crippen LogP contribution in [0.15, 0.2) is 12.1 Å². The molecule has 0 saturated carbocycles. The van der Waals surface area contributed by atoms with Gasteiger partial charge in [0.1, 0.15) is 0 Å². The molecule has 0 radical (unpaired) electrons. The van der Waals surface area contributed by atoms with Crippen molar-refractivity contribution < 1.29 is 34.6 Å². The zero-order chi connectivity index (χ0) is 25.7. The Labute approximate surface area is 211 Å². The molecular formula is C28H46O7. The lowest BCUT2D eigenvalue weighted by molar-refractivity contribution is -0.145. The van der Waals surface area contributed by atoms with Crippen molar-refractivity contribution in [2.75, 3.05) is 6.61 Å². The molecule has 0 aromatic heterocycles. The minimum atomic E-state index is -0.521. The van der Waals surface area contributed by atoms with Crippen molar-refractivity contribution in [3.63, 3.8) is 0 Å². The molecule has 1 rings (SSSR count). The fourth-order valence-electron chi connectivity index (χ4n) is 4.38. The number of Topliss-reactive ketones (excluding diaryl/α,β-unsaturated/α-hetero) is 1. The molecule has 7 nitrogen and oxygen atoms in total. The monoisotopic (exact) mass is 494 g/mol. The summed E-state index contributed by atoms with van der Waals surface area (Å²) >= 11 is 0. The number of rotatable bonds is 22. The summed E-state index contributed by atoms with van der Waals surface area (Å²) in [5.74, 6) is -0.946. The maximum atomic E-state index is 12.9. The average Bonchev–Trinajstić information content (AvgIpc) is 2.85. The van der Waals surface area contributed by atoms with Crippen molar-refractivity contribution in [3.05, 3.63) is 23.3 Å². The molecule has 200 valence electrons. The van der Waals surface area contributed by atoms with Gasteiger partial charge in [-0.15, -0.1) is 0 Å². The van der Waals surface area contributed by atoms with Crippen LogP contribution < -0.4 is 9.78 Å². The Kier molecular flexibility index (Phi) is 17.8. The van der Waals surface area contributed by atoms with Crippen LogP contribution in [-0.2, 0) is 16.0 Å². The van der Waals surface area contributed by atoms with E-state index in [0.29, 0.717) is 0 Å². The number of ketones is 1. The third kappa shape index (κ3) is 13.5. The number of carbonyl (C=O) groups excluding carboxylic acids is 2. The van der Waals surface area contributed by atoms with E-state index in [1.54, 1.807) is 6.92 Å². The van der Waals surface area contributed by atoms with Gasteiger partial charge in [0.25, 0.3) is 0 Å². The van der Waals surface area contributed by atoms with E-state index in [0.717, 1.165) is 19.3 Å². The van der Waals surface area contributed by atoms with E-state index in [9.17, 15) is 14.8 Å². The van der Waals surface area contributed by atoms with E-state index in [4.69, 9.17) is 9.99 Å². The Morgan fingerprint density at radius 1 is 0.714 bits per heavy atom. The molecule has 2 N–H and O–H groups in total. The third-order valence-corrected chi connectivity index (χ3v) is 6.29. The summed E-state index contributed by atoms with van der Waals surface area (Å²) in [6.07, 6.45) is 18.8. The molecule has 0 saturated heterocycles. The minimum Gasteiger partial charge on any atom is -0.466 e. The molecule has 35 heavy (non-hydrogen) atoms. The van der Waals surface area contributed by atoms with E-state index in [1.807, 2.05) is 0 Å². The van der Waals surface area contributed by atoms with Gasteiger partial charge in [0, 0.05) is 12.5 Å². The van der Waals surface area contributed by atoms with Crippen molar-refractivity contribution >= 4 is 11.8 Å². The molecule has 1 aromatic rings. The van der Waals surface area contributed by atoms with Crippen LogP contribution in [0.4, 0.5) is 0 Å². The summed E-state index contributed by atoms with van der Waals surface area (Å²) in [7, 11) is 0. The maximum absolute atomic E-state index is 12.9. The SMILES string of the molecule is CCCCCCCCCCCCCCCCCC(=O)c1c(CC(=O)OCC)cc(OO)cc1OO. The largest absolute Gasteiger partial charge is 0.466 e. The van der Waals surface area contributed by atoms with Crippen molar-refractivity contribution in [1.29, 1.82) is 0 Å². The molecule has 0 unspecified atom stereocenters. The average molecular weight is 495 g/mol. The predicted octanol–water partition coefficient (Wildman–Crippen LogP) is 7.94. The van der Waals surface area contributed by atoms with Crippen LogP contribution in [0.1, 0.15) is 133 Å². The quantitative estimate of drug-likeness (QED) is 0.0554. The van der Waals surface area contributed by atoms with Crippen LogP contribution in [0, 0.1) is 0 Å². The number of esters is 1. The van der Waals surface area contributed by atoms with Gasteiger partial charge >= 0.3 is 5.97 Å². The van der Waals surface area contributed by atoms with Gasteiger partial charge in [-0.3, -0.25) is 9.59 Å². The molecule has 0 aliphatic carbocycles. The number of hydrogen-bond donors (Lipinski definition) is 2. The fourth-order valence-corrected chi connectivity index (χ4v) is 4.38. The summed E-state index contributed by atoms with van der Waals surface area (Å²) in [5.41, 5.74) is 0.400. The summed E-state index contributed by atoms with van der Waals surface area (Å²) < 4.78 is 4.96. The van der Waals surface area contributed by atoms with Gasteiger partial charge in [-0.2, -0.15) is 0 Å². The third-order valence-electron chi connectivity index (χ3n) is 6.29. The first-order chi connectivity index (χ1) is 17.1. The first-order valence-corrected chi connectivity index (χ1v) is 13.6. The van der Waals surface area contributed by atoms with Crippen LogP contribution in [0.3, 0.4) is 0 Å². The smallest absolute Gasteiger partial charge is 0.310 e. The molecule has 7 heteroatoms. The first-order valence-electron chi connectivity index (χ1n) is 13.6. The Hall–Kier alpha value is -2.12. The molecule has 0 amide bonds. The number of benzene rings is 1. The highest BCUT2D eigenvalue weighted by atomic mass is 17.1. The van der Waals surface area contributed by atoms with E-state index in [-0.39, 0.29) is 47.9 Å². The van der Waals surface area contributed by atoms with Crippen molar-refractivity contribution in [2.45, 2.75) is 123 Å². The second kappa shape index (κ2) is 20.1. The second-order valence-corrected chi connectivity index (χ2v) is 9.24. The highest BCUT2D eigenvalue weighted by Crippen LogP contribution is 2.31. The molecule has 0 atom stereocenters. The fraction of sp³-hybridized carbons (Fsp3) is 0.714. The van der Waals surface area contributed by atoms with Crippen LogP contribution in [0.5, 0.6) is 11.5 Å². The molecule has 0 aliphatic heterocycles. The topological polar surface area (TPSA) is 102 Å². The van der Waals surface area contributed by atoms with Crippen LogP contribution in [0.2, 0.25) is 0 Å². The van der Waals surface area contributed by atoms with Crippen LogP contribution >= 0.6 is 0 Å². The Morgan fingerprint density at radius 2 is 1.23 bits per heavy atom. The van der Waals surface area contributed by atoms with Crippen molar-refractivity contribution in [1.82, 2.24) is 0 Å². The zero-order valence-corrected chi connectivity index (χ0v) is 21.8. The summed E-state index contributed by atoms with van der Waals surface area (Å²) in [4.78, 5) is 33.4. The van der Waals surface area contributed by atoms with Gasteiger partial charge < -0.3 is 14.5 Å². The normalized spacial score (nSPS) is 10.9. The van der Waals surface area contributed by atoms with E-state index < -0.39 is 5.97 Å². The van der Waals surface area contributed by atoms with Gasteiger partial charge in [-0.05, 0) is 25.0 Å². The summed E-state index contributed by atoms with van der Waals surface area (Å²) in [6, 6.07) is 2.58. The lowest BCUT2D eigenvalue weighted by atomic mass is 9.96. The van der Waals surface area contributed by atoms with Gasteiger partial charge in [0.15, 0.2) is 17.3 Å². The van der Waals surface area contributed by atoms with Gasteiger partial charge in [0.05, 0.1) is 18.6 Å². The molecule has 1 aromatic carbocycles. The number of unbranched alkanes of at least 4 members (excludes halogenated alkanes) is 14. The van der Waals surface area contributed by atoms with E-state index in [2.05, 4.69) is 16.7 Å². The Bertz CT molecular complexity index is 718. The zero-order valence-electron chi connectivity index (χ0n) is 21.8. The molecule has 0 bridgehead atoms. The standard InChI is InChI=1S/C28H46O7/c1-3-5-6-7-8-9-10-11-12-13-14-15-16-17-18-19-25(29)28-23(21-27(30)33-4-2)20-24(34-31)22-26(28)35-32/h20,22,31-32H,3-19,21H2,1-2H3. The number of hydrogen-bond acceptors (Lipinski definition) is 7. The minimum absolute atomic E-state index is 0.0446. The molecule has 0 spiro atoms. The highest BCUT2D eigenvalue weighted by molar-refractivity contribution is 6.01. The van der Waals surface area contributed by atoms with Gasteiger partial charge in [-0.1, -0.05) is 96.8 Å². The highest BCUT2D eigenvalue weighted by Gasteiger charge is 2.22. The molecule has 0 heterocycles. The van der Waals surface area contributed by atoms with Crippen molar-refractivity contribution in [2.24, 2.45) is 0 Å². The predicted molar refractivity (Wildman–Crippen MR) is 137 cm³/mol. The van der Waals surface area contributed by atoms with Gasteiger partial charge in [0.2, 0.25) is 0 Å². The van der Waals surface area contributed by atoms with E-state index >= 15 is 0 Å². The van der Waals surface area contributed by atoms with Gasteiger partial charge in [-0.25, -0.2) is 10.5 Å². The molecular weight excluding hydrogens is 448 g/mol. The Morgan fingerprint density at radius 3 is 1.69 bits per heavy atom. The molecule has 0 fully saturated rings. The molecule has 0 aliphatic rings. The van der Waals surface area contributed by atoms with Crippen LogP contribution in [-0.4, -0.2) is 28.9 Å². The summed E-state index contributed by atoms with van der Waals surface area (Å²) in [6.45, 7) is 4.15. The Balaban J connectivity index is 2.31. The number of carbonyl (C=O) groups is 2. The second-order valence-electron chi connectivity index (χ2n) is 9.24. The van der Waals surface area contributed by atoms with E-state index in [1.165, 1.54) is 89.2 Å². The maximum Gasteiger partial charge on any atom is 0.310 e. The lowest BCUT2D eigenvalue weighted by Crippen LogP contribution is -2.13. The lowest BCUT2D eigenvalue weighted by Gasteiger charge is -2.13. The van der Waals surface area contributed by atoms with Crippen LogP contribution in [0.25, 0.3) is 0 Å². The summed E-state index contributed by atoms with van der Waals surface area (Å²) in [5, 5.41) is 18.2. The van der Waals surface area contributed by atoms with Crippen molar-refractivity contribution in [3.8, 4) is 11.5 Å². The first kappa shape index (κ1) is 30.9. The number of ether oxygens (including phenoxy) is 1.